The summed E-state index contributed by atoms with van der Waals surface area (Å²) < 4.78 is 16.8. The third-order valence-corrected chi connectivity index (χ3v) is 7.13. The smallest absolute Gasteiger partial charge is 0.338 e. The van der Waals surface area contributed by atoms with Gasteiger partial charge in [0.2, 0.25) is 0 Å². The molecule has 1 aliphatic rings. The van der Waals surface area contributed by atoms with E-state index in [0.717, 1.165) is 5.56 Å². The minimum absolute atomic E-state index is 0.195. The second-order valence-electron chi connectivity index (χ2n) is 8.31. The summed E-state index contributed by atoms with van der Waals surface area (Å²) in [7, 11) is 1.66. The van der Waals surface area contributed by atoms with Crippen molar-refractivity contribution in [2.75, 3.05) is 20.3 Å². The van der Waals surface area contributed by atoms with Gasteiger partial charge in [-0.1, -0.05) is 35.3 Å². The van der Waals surface area contributed by atoms with Crippen molar-refractivity contribution >= 4 is 63.8 Å². The summed E-state index contributed by atoms with van der Waals surface area (Å²) in [4.78, 5) is 31.4. The number of benzene rings is 3. The van der Waals surface area contributed by atoms with E-state index >= 15 is 0 Å². The predicted molar refractivity (Wildman–Crippen MR) is 156 cm³/mol. The van der Waals surface area contributed by atoms with Gasteiger partial charge in [0.25, 0.3) is 5.91 Å². The van der Waals surface area contributed by atoms with Crippen LogP contribution in [0.1, 0.15) is 35.3 Å². The molecule has 7 nitrogen and oxygen atoms in total. The minimum atomic E-state index is -0.393. The Morgan fingerprint density at radius 1 is 1.00 bits per heavy atom. The number of halogens is 2. The van der Waals surface area contributed by atoms with Gasteiger partial charge in [0.05, 0.1) is 34.4 Å². The number of aliphatic imine (C=N–C) groups is 1. The molecule has 1 fully saturated rings. The molecular weight excluding hydrogens is 559 g/mol. The zero-order valence-corrected chi connectivity index (χ0v) is 23.9. The summed E-state index contributed by atoms with van der Waals surface area (Å²) in [5.41, 5.74) is 2.66. The van der Waals surface area contributed by atoms with Gasteiger partial charge in [0.15, 0.2) is 16.7 Å². The highest BCUT2D eigenvalue weighted by Gasteiger charge is 2.30. The number of amidine groups is 1. The fourth-order valence-electron chi connectivity index (χ4n) is 3.61. The first-order chi connectivity index (χ1) is 18.8. The van der Waals surface area contributed by atoms with Crippen LogP contribution in [0.3, 0.4) is 0 Å². The number of ether oxygens (including phenoxy) is 3. The summed E-state index contributed by atoms with van der Waals surface area (Å²) in [5, 5.41) is 1.52. The van der Waals surface area contributed by atoms with Gasteiger partial charge in [-0.3, -0.25) is 9.69 Å². The molecule has 39 heavy (non-hydrogen) atoms. The van der Waals surface area contributed by atoms with Gasteiger partial charge in [-0.05, 0) is 91.3 Å². The second-order valence-corrected chi connectivity index (χ2v) is 10.2. The molecule has 0 atom stereocenters. The molecule has 3 aromatic rings. The first-order valence-corrected chi connectivity index (χ1v) is 13.7. The van der Waals surface area contributed by atoms with Crippen LogP contribution in [0, 0.1) is 0 Å². The van der Waals surface area contributed by atoms with E-state index in [2.05, 4.69) is 4.99 Å². The van der Waals surface area contributed by atoms with Crippen LogP contribution in [0.4, 0.5) is 5.69 Å². The number of rotatable bonds is 9. The number of carbonyl (C=O) groups excluding carboxylic acids is 2. The Kier molecular flexibility index (Phi) is 9.56. The van der Waals surface area contributed by atoms with Crippen LogP contribution in [0.5, 0.6) is 11.5 Å². The van der Waals surface area contributed by atoms with Gasteiger partial charge in [0.1, 0.15) is 6.61 Å². The number of carbonyl (C=O) groups is 2. The maximum absolute atomic E-state index is 13.0. The van der Waals surface area contributed by atoms with Crippen molar-refractivity contribution in [1.82, 2.24) is 4.90 Å². The highest BCUT2D eigenvalue weighted by molar-refractivity contribution is 8.18. The van der Waals surface area contributed by atoms with Gasteiger partial charge in [0, 0.05) is 12.1 Å². The van der Waals surface area contributed by atoms with Crippen molar-refractivity contribution in [3.8, 4) is 11.5 Å². The molecule has 0 spiro atoms. The van der Waals surface area contributed by atoms with E-state index < -0.39 is 5.97 Å². The summed E-state index contributed by atoms with van der Waals surface area (Å²) >= 11 is 13.8. The first-order valence-electron chi connectivity index (χ1n) is 12.2. The fourth-order valence-corrected chi connectivity index (χ4v) is 5.00. The van der Waals surface area contributed by atoms with E-state index in [-0.39, 0.29) is 12.5 Å². The highest BCUT2D eigenvalue weighted by Crippen LogP contribution is 2.40. The summed E-state index contributed by atoms with van der Waals surface area (Å²) in [6.07, 6.45) is 1.74. The molecule has 1 heterocycles. The van der Waals surface area contributed by atoms with Crippen LogP contribution in [-0.4, -0.2) is 42.2 Å². The lowest BCUT2D eigenvalue weighted by Gasteiger charge is -2.15. The summed E-state index contributed by atoms with van der Waals surface area (Å²) in [6.45, 7) is 4.63. The van der Waals surface area contributed by atoms with Crippen LogP contribution in [0.2, 0.25) is 10.0 Å². The Balaban J connectivity index is 1.54. The van der Waals surface area contributed by atoms with E-state index in [0.29, 0.717) is 61.6 Å². The Morgan fingerprint density at radius 3 is 2.38 bits per heavy atom. The third-order valence-electron chi connectivity index (χ3n) is 5.53. The standard InChI is InChI=1S/C29H26Cl2N2O5S/c1-4-36-24-15-19(14-23(31)26(24)38-17-18-6-10-21(30)11-7-18)16-25-27(34)33(3)29(39-25)32-22-12-8-20(9-13-22)28(35)37-5-2/h6-16H,4-5,17H2,1-3H3. The first kappa shape index (κ1) is 28.5. The second kappa shape index (κ2) is 13.1. The van der Waals surface area contributed by atoms with Gasteiger partial charge >= 0.3 is 5.97 Å². The Bertz CT molecular complexity index is 1420. The van der Waals surface area contributed by atoms with Crippen LogP contribution in [0.15, 0.2) is 70.6 Å². The highest BCUT2D eigenvalue weighted by atomic mass is 35.5. The molecule has 0 aliphatic carbocycles. The van der Waals surface area contributed by atoms with Crippen LogP contribution >= 0.6 is 35.0 Å². The number of likely N-dealkylation sites (N-methyl/N-ethyl adjacent to an activating group) is 1. The third kappa shape index (κ3) is 7.15. The van der Waals surface area contributed by atoms with Crippen LogP contribution in [0.25, 0.3) is 6.08 Å². The van der Waals surface area contributed by atoms with Gasteiger partial charge in [-0.15, -0.1) is 0 Å². The van der Waals surface area contributed by atoms with Crippen molar-refractivity contribution < 1.29 is 23.8 Å². The number of hydrogen-bond acceptors (Lipinski definition) is 7. The molecule has 1 aliphatic heterocycles. The molecule has 1 saturated heterocycles. The topological polar surface area (TPSA) is 77.4 Å². The maximum atomic E-state index is 13.0. The van der Waals surface area contributed by atoms with Crippen molar-refractivity contribution in [3.05, 3.63) is 92.3 Å². The van der Waals surface area contributed by atoms with Crippen molar-refractivity contribution in [2.45, 2.75) is 20.5 Å². The molecule has 3 aromatic carbocycles. The monoisotopic (exact) mass is 584 g/mol. The van der Waals surface area contributed by atoms with Crippen LogP contribution in [-0.2, 0) is 16.1 Å². The fraction of sp³-hybridized carbons (Fsp3) is 0.207. The number of amides is 1. The van der Waals surface area contributed by atoms with E-state index in [9.17, 15) is 9.59 Å². The molecule has 0 radical (unpaired) electrons. The van der Waals surface area contributed by atoms with Gasteiger partial charge < -0.3 is 14.2 Å². The van der Waals surface area contributed by atoms with Crippen molar-refractivity contribution in [2.24, 2.45) is 4.99 Å². The summed E-state index contributed by atoms with van der Waals surface area (Å²) in [5.74, 6) is 0.312. The Morgan fingerprint density at radius 2 is 1.72 bits per heavy atom. The van der Waals surface area contributed by atoms with E-state index in [1.807, 2.05) is 19.1 Å². The molecule has 0 N–H and O–H groups in total. The Labute approximate surface area is 241 Å². The van der Waals surface area contributed by atoms with Crippen LogP contribution < -0.4 is 9.47 Å². The maximum Gasteiger partial charge on any atom is 0.338 e. The quantitative estimate of drug-likeness (QED) is 0.193. The molecule has 0 saturated carbocycles. The molecule has 202 valence electrons. The van der Waals surface area contributed by atoms with Gasteiger partial charge in [-0.2, -0.15) is 0 Å². The van der Waals surface area contributed by atoms with Crippen molar-refractivity contribution in [1.29, 1.82) is 0 Å². The lowest BCUT2D eigenvalue weighted by Crippen LogP contribution is -2.23. The molecule has 1 amide bonds. The van der Waals surface area contributed by atoms with Crippen molar-refractivity contribution in [3.63, 3.8) is 0 Å². The molecule has 0 aromatic heterocycles. The lowest BCUT2D eigenvalue weighted by atomic mass is 10.1. The normalized spacial score (nSPS) is 15.2. The SMILES string of the molecule is CCOC(=O)c1ccc(N=C2SC(=Cc3cc(Cl)c(OCc4ccc(Cl)cc4)c(OCC)c3)C(=O)N2C)cc1. The molecule has 10 heteroatoms. The number of thioether (sulfide) groups is 1. The average Bonchev–Trinajstić information content (AvgIpc) is 3.17. The number of nitrogens with zero attached hydrogens (tertiary/aromatic N) is 2. The van der Waals surface area contributed by atoms with E-state index in [1.165, 1.54) is 16.7 Å². The van der Waals surface area contributed by atoms with Gasteiger partial charge in [-0.25, -0.2) is 9.79 Å². The molecule has 4 rings (SSSR count). The zero-order valence-electron chi connectivity index (χ0n) is 21.6. The largest absolute Gasteiger partial charge is 0.490 e. The molecule has 0 unspecified atom stereocenters. The number of hydrogen-bond donors (Lipinski definition) is 0. The molecule has 0 bridgehead atoms. The van der Waals surface area contributed by atoms with E-state index in [4.69, 9.17) is 37.4 Å². The summed E-state index contributed by atoms with van der Waals surface area (Å²) in [6, 6.07) is 17.6. The van der Waals surface area contributed by atoms with E-state index in [1.54, 1.807) is 68.6 Å². The Hall–Kier alpha value is -3.46. The number of esters is 1. The molecular formula is C29H26Cl2N2O5S. The predicted octanol–water partition coefficient (Wildman–Crippen LogP) is 7.38. The lowest BCUT2D eigenvalue weighted by molar-refractivity contribution is -0.121. The average molecular weight is 586 g/mol. The minimum Gasteiger partial charge on any atom is -0.490 e. The zero-order chi connectivity index (χ0) is 27.9.